The molecule has 1 atom stereocenters. The molecule has 0 spiro atoms. The Kier molecular flexibility index (Phi) is 10.1. The van der Waals surface area contributed by atoms with E-state index in [9.17, 15) is 13.2 Å². The molecule has 1 amide bonds. The molecule has 42 heavy (non-hydrogen) atoms. The molecule has 0 aliphatic carbocycles. The van der Waals surface area contributed by atoms with Crippen LogP contribution in [0.4, 0.5) is 4.79 Å². The predicted octanol–water partition coefficient (Wildman–Crippen LogP) is 6.39. The minimum Gasteiger partial charge on any atom is -0.448 e. The Hall–Kier alpha value is -3.50. The van der Waals surface area contributed by atoms with Gasteiger partial charge in [0.05, 0.1) is 0 Å². The first-order valence-electron chi connectivity index (χ1n) is 14.3. The number of ether oxygens (including phenoxy) is 1. The first-order valence-corrected chi connectivity index (χ1v) is 16.6. The number of sulfonamides is 1. The fraction of sp³-hybridized carbons (Fsp3) is 0.303. The molecule has 4 aromatic rings. The lowest BCUT2D eigenvalue weighted by atomic mass is 10.1. The van der Waals surface area contributed by atoms with E-state index in [4.69, 9.17) is 4.74 Å². The van der Waals surface area contributed by atoms with Crippen LogP contribution in [0.1, 0.15) is 30.9 Å². The van der Waals surface area contributed by atoms with Crippen molar-refractivity contribution < 1.29 is 17.9 Å². The molecule has 0 saturated carbocycles. The summed E-state index contributed by atoms with van der Waals surface area (Å²) >= 11 is 1.22. The van der Waals surface area contributed by atoms with Gasteiger partial charge in [0, 0.05) is 43.8 Å². The van der Waals surface area contributed by atoms with Crippen molar-refractivity contribution in [2.24, 2.45) is 0 Å². The topological polar surface area (TPSA) is 79.0 Å². The van der Waals surface area contributed by atoms with Gasteiger partial charge in [0.1, 0.15) is 10.8 Å². The molecule has 1 N–H and O–H groups in total. The monoisotopic (exact) mass is 603 g/mol. The molecule has 1 saturated heterocycles. The highest BCUT2D eigenvalue weighted by atomic mass is 32.2. The van der Waals surface area contributed by atoms with E-state index in [-0.39, 0.29) is 24.8 Å². The van der Waals surface area contributed by atoms with Gasteiger partial charge in [-0.1, -0.05) is 91.0 Å². The average molecular weight is 604 g/mol. The van der Waals surface area contributed by atoms with Crippen LogP contribution in [0.15, 0.2) is 107 Å². The summed E-state index contributed by atoms with van der Waals surface area (Å²) in [5.41, 5.74) is 3.98. The first kappa shape index (κ1) is 30.0. The van der Waals surface area contributed by atoms with Crippen molar-refractivity contribution in [3.63, 3.8) is 0 Å². The van der Waals surface area contributed by atoms with Gasteiger partial charge in [0.2, 0.25) is 0 Å². The lowest BCUT2D eigenvalue weighted by Gasteiger charge is -2.33. The second-order valence-corrected chi connectivity index (χ2v) is 13.5. The SMILES string of the molecule is C[C@@H](COC(=O)N1CCC(NS(=O)(=O)c2sccc2-c2ccccc2)CC1)N(Cc1ccccc1)Cc1ccccc1. The second-order valence-electron chi connectivity index (χ2n) is 10.7. The Morgan fingerprint density at radius 3 is 2.02 bits per heavy atom. The summed E-state index contributed by atoms with van der Waals surface area (Å²) in [6, 6.07) is 31.7. The molecule has 0 bridgehead atoms. The fourth-order valence-corrected chi connectivity index (χ4v) is 7.90. The number of benzene rings is 3. The van der Waals surface area contributed by atoms with Crippen molar-refractivity contribution in [2.45, 2.75) is 49.1 Å². The van der Waals surface area contributed by atoms with Crippen molar-refractivity contribution in [1.82, 2.24) is 14.5 Å². The highest BCUT2D eigenvalue weighted by Gasteiger charge is 2.30. The van der Waals surface area contributed by atoms with Gasteiger partial charge in [-0.2, -0.15) is 0 Å². The number of carbonyl (C=O) groups is 1. The third-order valence-corrected chi connectivity index (χ3v) is 10.6. The maximum atomic E-state index is 13.3. The van der Waals surface area contributed by atoms with Crippen molar-refractivity contribution in [2.75, 3.05) is 19.7 Å². The van der Waals surface area contributed by atoms with Crippen LogP contribution in [0.25, 0.3) is 11.1 Å². The van der Waals surface area contributed by atoms with Crippen LogP contribution in [0, 0.1) is 0 Å². The van der Waals surface area contributed by atoms with E-state index in [1.54, 1.807) is 10.3 Å². The van der Waals surface area contributed by atoms with Gasteiger partial charge in [-0.3, -0.25) is 4.90 Å². The zero-order chi connectivity index (χ0) is 29.4. The van der Waals surface area contributed by atoms with Gasteiger partial charge in [-0.05, 0) is 47.9 Å². The number of hydrogen-bond acceptors (Lipinski definition) is 6. The Balaban J connectivity index is 1.13. The number of nitrogens with one attached hydrogen (secondary N) is 1. The number of rotatable bonds is 11. The number of amides is 1. The Labute approximate surface area is 252 Å². The van der Waals surface area contributed by atoms with E-state index in [0.717, 1.165) is 18.7 Å². The van der Waals surface area contributed by atoms with Crippen LogP contribution in [0.5, 0.6) is 0 Å². The zero-order valence-corrected chi connectivity index (χ0v) is 25.4. The normalized spacial score (nSPS) is 15.0. The van der Waals surface area contributed by atoms with Crippen LogP contribution >= 0.6 is 11.3 Å². The van der Waals surface area contributed by atoms with Gasteiger partial charge < -0.3 is 9.64 Å². The van der Waals surface area contributed by atoms with Crippen molar-refractivity contribution >= 4 is 27.5 Å². The Bertz CT molecular complexity index is 1480. The molecule has 7 nitrogen and oxygen atoms in total. The molecule has 0 unspecified atom stereocenters. The summed E-state index contributed by atoms with van der Waals surface area (Å²) in [4.78, 5) is 17.0. The molecule has 1 fully saturated rings. The molecule has 1 aliphatic heterocycles. The molecule has 5 rings (SSSR count). The largest absolute Gasteiger partial charge is 0.448 e. The van der Waals surface area contributed by atoms with Crippen LogP contribution in [-0.4, -0.2) is 56.1 Å². The van der Waals surface area contributed by atoms with Crippen molar-refractivity contribution in [1.29, 1.82) is 0 Å². The lowest BCUT2D eigenvalue weighted by Crippen LogP contribution is -2.47. The minimum atomic E-state index is -3.69. The Morgan fingerprint density at radius 1 is 0.905 bits per heavy atom. The van der Waals surface area contributed by atoms with Crippen LogP contribution in [0.2, 0.25) is 0 Å². The van der Waals surface area contributed by atoms with Crippen LogP contribution < -0.4 is 4.72 Å². The van der Waals surface area contributed by atoms with Crippen LogP contribution in [-0.2, 0) is 27.8 Å². The lowest BCUT2D eigenvalue weighted by molar-refractivity contribution is 0.0586. The molecule has 220 valence electrons. The number of piperidine rings is 1. The van der Waals surface area contributed by atoms with E-state index in [1.165, 1.54) is 22.5 Å². The standard InChI is InChI=1S/C33H37N3O4S2/c1-26(36(23-27-11-5-2-6-12-27)24-28-13-7-3-8-14-28)25-40-33(37)35-20-17-30(18-21-35)34-42(38,39)32-31(19-22-41-32)29-15-9-4-10-16-29/h2-16,19,22,26,30,34H,17-18,20-21,23-25H2,1H3/t26-/m0/s1. The highest BCUT2D eigenvalue weighted by Crippen LogP contribution is 2.32. The quantitative estimate of drug-likeness (QED) is 0.215. The van der Waals surface area contributed by atoms with Gasteiger partial charge >= 0.3 is 6.09 Å². The smallest absolute Gasteiger partial charge is 0.409 e. The summed E-state index contributed by atoms with van der Waals surface area (Å²) in [5.74, 6) is 0. The van der Waals surface area contributed by atoms with Gasteiger partial charge in [-0.25, -0.2) is 17.9 Å². The van der Waals surface area contributed by atoms with Crippen molar-refractivity contribution in [3.8, 4) is 11.1 Å². The number of carbonyl (C=O) groups excluding carboxylic acids is 1. The number of thiophene rings is 1. The molecule has 1 aliphatic rings. The number of hydrogen-bond donors (Lipinski definition) is 1. The summed E-state index contributed by atoms with van der Waals surface area (Å²) in [7, 11) is -3.69. The highest BCUT2D eigenvalue weighted by molar-refractivity contribution is 7.91. The molecular weight excluding hydrogens is 567 g/mol. The van der Waals surface area contributed by atoms with Crippen molar-refractivity contribution in [3.05, 3.63) is 114 Å². The van der Waals surface area contributed by atoms with E-state index in [2.05, 4.69) is 40.8 Å². The summed E-state index contributed by atoms with van der Waals surface area (Å²) in [5, 5.41) is 1.80. The van der Waals surface area contributed by atoms with E-state index >= 15 is 0 Å². The maximum Gasteiger partial charge on any atom is 0.409 e. The van der Waals surface area contributed by atoms with E-state index in [1.807, 2.05) is 72.8 Å². The van der Waals surface area contributed by atoms with Gasteiger partial charge in [0.15, 0.2) is 0 Å². The van der Waals surface area contributed by atoms with E-state index in [0.29, 0.717) is 35.7 Å². The molecule has 2 heterocycles. The summed E-state index contributed by atoms with van der Waals surface area (Å²) < 4.78 is 35.5. The molecular formula is C33H37N3O4S2. The minimum absolute atomic E-state index is 0.00307. The predicted molar refractivity (Wildman–Crippen MR) is 168 cm³/mol. The van der Waals surface area contributed by atoms with E-state index < -0.39 is 10.0 Å². The molecule has 0 radical (unpaired) electrons. The van der Waals surface area contributed by atoms with Gasteiger partial charge in [-0.15, -0.1) is 11.3 Å². The van der Waals surface area contributed by atoms with Crippen LogP contribution in [0.3, 0.4) is 0 Å². The second kappa shape index (κ2) is 14.1. The summed E-state index contributed by atoms with van der Waals surface area (Å²) in [6.07, 6.45) is 0.709. The fourth-order valence-electron chi connectivity index (χ4n) is 5.18. The molecule has 1 aromatic heterocycles. The molecule has 3 aromatic carbocycles. The first-order chi connectivity index (χ1) is 20.4. The number of nitrogens with zero attached hydrogens (tertiary/aromatic N) is 2. The average Bonchev–Trinajstić information content (AvgIpc) is 3.53. The van der Waals surface area contributed by atoms with Gasteiger partial charge in [0.25, 0.3) is 10.0 Å². The Morgan fingerprint density at radius 2 is 1.45 bits per heavy atom. The number of likely N-dealkylation sites (tertiary alicyclic amines) is 1. The third kappa shape index (κ3) is 7.86. The zero-order valence-electron chi connectivity index (χ0n) is 23.8. The summed E-state index contributed by atoms with van der Waals surface area (Å²) in [6.45, 7) is 4.72. The molecule has 9 heteroatoms. The third-order valence-electron chi connectivity index (χ3n) is 7.56. The maximum absolute atomic E-state index is 13.3.